The van der Waals surface area contributed by atoms with E-state index in [9.17, 15) is 18.4 Å². The Labute approximate surface area is 136 Å². The first kappa shape index (κ1) is 17.5. The minimum atomic E-state index is -1.15. The molecule has 24 heavy (non-hydrogen) atoms. The van der Waals surface area contributed by atoms with Crippen LogP contribution in [0.2, 0.25) is 0 Å². The van der Waals surface area contributed by atoms with E-state index in [1.54, 1.807) is 25.2 Å². The maximum atomic E-state index is 13.1. The van der Waals surface area contributed by atoms with E-state index in [0.29, 0.717) is 11.6 Å². The second-order valence-corrected chi connectivity index (χ2v) is 5.36. The molecular formula is C15H16F2N4O3. The molecule has 0 saturated heterocycles. The summed E-state index contributed by atoms with van der Waals surface area (Å²) in [5, 5.41) is 15.3. The summed E-state index contributed by atoms with van der Waals surface area (Å²) in [5.41, 5.74) is 0.382. The topological polar surface area (TPSA) is 87.5 Å². The highest BCUT2D eigenvalue weighted by Gasteiger charge is 2.17. The molecule has 0 spiro atoms. The number of aromatic nitrogens is 2. The predicted octanol–water partition coefficient (Wildman–Crippen LogP) is 1.47. The number of carboxylic acid groups (broad SMARTS) is 1. The van der Waals surface area contributed by atoms with Crippen molar-refractivity contribution in [2.45, 2.75) is 6.54 Å². The van der Waals surface area contributed by atoms with E-state index in [1.807, 2.05) is 0 Å². The van der Waals surface area contributed by atoms with E-state index in [4.69, 9.17) is 5.11 Å². The molecule has 0 atom stereocenters. The molecule has 0 aliphatic rings. The van der Waals surface area contributed by atoms with Crippen LogP contribution in [-0.2, 0) is 18.4 Å². The van der Waals surface area contributed by atoms with Crippen LogP contribution in [0.3, 0.4) is 0 Å². The lowest BCUT2D eigenvalue weighted by Gasteiger charge is -2.15. The highest BCUT2D eigenvalue weighted by atomic mass is 19.1. The zero-order valence-electron chi connectivity index (χ0n) is 13.1. The standard InChI is InChI=1S/C15H16F2N4O3/c1-20(6-9-7-21(2)19-14(9)15(23)24)8-13(22)18-12-4-10(16)3-11(17)5-12/h3-5,7H,6,8H2,1-2H3,(H,18,22)(H,23,24). The highest BCUT2D eigenvalue weighted by Crippen LogP contribution is 2.13. The zero-order valence-corrected chi connectivity index (χ0v) is 13.1. The zero-order chi connectivity index (χ0) is 17.9. The van der Waals surface area contributed by atoms with Crippen molar-refractivity contribution in [2.24, 2.45) is 7.05 Å². The molecule has 1 aromatic carbocycles. The van der Waals surface area contributed by atoms with Gasteiger partial charge in [0.25, 0.3) is 0 Å². The Balaban J connectivity index is 1.98. The van der Waals surface area contributed by atoms with Gasteiger partial charge >= 0.3 is 5.97 Å². The van der Waals surface area contributed by atoms with Gasteiger partial charge in [-0.25, -0.2) is 13.6 Å². The van der Waals surface area contributed by atoms with Crippen LogP contribution in [0, 0.1) is 11.6 Å². The van der Waals surface area contributed by atoms with Gasteiger partial charge in [0.1, 0.15) is 11.6 Å². The molecule has 0 bridgehead atoms. The van der Waals surface area contributed by atoms with Crippen molar-refractivity contribution in [3.63, 3.8) is 0 Å². The van der Waals surface area contributed by atoms with Crippen molar-refractivity contribution in [3.8, 4) is 0 Å². The van der Waals surface area contributed by atoms with Gasteiger partial charge in [-0.2, -0.15) is 5.10 Å². The number of hydrogen-bond donors (Lipinski definition) is 2. The van der Waals surface area contributed by atoms with Crippen LogP contribution in [0.5, 0.6) is 0 Å². The number of halogens is 2. The number of carboxylic acids is 1. The molecule has 1 amide bonds. The van der Waals surface area contributed by atoms with Gasteiger partial charge in [0.15, 0.2) is 5.69 Å². The molecule has 2 rings (SSSR count). The molecule has 9 heteroatoms. The average molecular weight is 338 g/mol. The third kappa shape index (κ3) is 4.59. The first-order valence-corrected chi connectivity index (χ1v) is 6.95. The number of rotatable bonds is 6. The van der Waals surface area contributed by atoms with E-state index in [2.05, 4.69) is 10.4 Å². The smallest absolute Gasteiger partial charge is 0.356 e. The van der Waals surface area contributed by atoms with Gasteiger partial charge in [0.2, 0.25) is 5.91 Å². The molecule has 2 aromatic rings. The normalized spacial score (nSPS) is 10.9. The number of nitrogens with one attached hydrogen (secondary N) is 1. The lowest BCUT2D eigenvalue weighted by Crippen LogP contribution is -2.30. The lowest BCUT2D eigenvalue weighted by atomic mass is 10.2. The number of aromatic carboxylic acids is 1. The van der Waals surface area contributed by atoms with Crippen LogP contribution in [0.25, 0.3) is 0 Å². The summed E-state index contributed by atoms with van der Waals surface area (Å²) in [6.45, 7) is 0.0898. The molecule has 1 heterocycles. The summed E-state index contributed by atoms with van der Waals surface area (Å²) in [7, 11) is 3.21. The summed E-state index contributed by atoms with van der Waals surface area (Å²) in [4.78, 5) is 24.6. The van der Waals surface area contributed by atoms with Gasteiger partial charge in [0.05, 0.1) is 6.54 Å². The summed E-state index contributed by atoms with van der Waals surface area (Å²) >= 11 is 0. The largest absolute Gasteiger partial charge is 0.476 e. The molecule has 128 valence electrons. The third-order valence-corrected chi connectivity index (χ3v) is 3.11. The molecule has 1 aromatic heterocycles. The minimum Gasteiger partial charge on any atom is -0.476 e. The van der Waals surface area contributed by atoms with E-state index >= 15 is 0 Å². The Morgan fingerprint density at radius 2 is 1.92 bits per heavy atom. The first-order valence-electron chi connectivity index (χ1n) is 6.95. The summed E-state index contributed by atoms with van der Waals surface area (Å²) < 4.78 is 27.5. The number of benzene rings is 1. The summed E-state index contributed by atoms with van der Waals surface area (Å²) in [6, 6.07) is 2.72. The van der Waals surface area contributed by atoms with E-state index in [-0.39, 0.29) is 24.5 Å². The summed E-state index contributed by atoms with van der Waals surface area (Å²) in [6.07, 6.45) is 1.56. The van der Waals surface area contributed by atoms with Crippen LogP contribution in [0.15, 0.2) is 24.4 Å². The maximum Gasteiger partial charge on any atom is 0.356 e. The molecule has 0 aliphatic heterocycles. The van der Waals surface area contributed by atoms with Crippen molar-refractivity contribution in [1.29, 1.82) is 0 Å². The Hall–Kier alpha value is -2.81. The van der Waals surface area contributed by atoms with Crippen molar-refractivity contribution in [2.75, 3.05) is 18.9 Å². The monoisotopic (exact) mass is 338 g/mol. The maximum absolute atomic E-state index is 13.1. The quantitative estimate of drug-likeness (QED) is 0.833. The van der Waals surface area contributed by atoms with Crippen molar-refractivity contribution in [1.82, 2.24) is 14.7 Å². The van der Waals surface area contributed by atoms with Gasteiger partial charge in [-0.1, -0.05) is 0 Å². The number of hydrogen-bond acceptors (Lipinski definition) is 4. The average Bonchev–Trinajstić information content (AvgIpc) is 2.77. The number of likely N-dealkylation sites (N-methyl/N-ethyl adjacent to an activating group) is 1. The van der Waals surface area contributed by atoms with Crippen molar-refractivity contribution in [3.05, 3.63) is 47.3 Å². The van der Waals surface area contributed by atoms with E-state index < -0.39 is 23.5 Å². The molecule has 0 fully saturated rings. The lowest BCUT2D eigenvalue weighted by molar-refractivity contribution is -0.117. The van der Waals surface area contributed by atoms with Crippen LogP contribution >= 0.6 is 0 Å². The Morgan fingerprint density at radius 3 is 2.50 bits per heavy atom. The van der Waals surface area contributed by atoms with Crippen molar-refractivity contribution < 1.29 is 23.5 Å². The minimum absolute atomic E-state index is 0.0125. The fraction of sp³-hybridized carbons (Fsp3) is 0.267. The van der Waals surface area contributed by atoms with E-state index in [1.165, 1.54) is 4.68 Å². The predicted molar refractivity (Wildman–Crippen MR) is 81.5 cm³/mol. The van der Waals surface area contributed by atoms with E-state index in [0.717, 1.165) is 12.1 Å². The van der Waals surface area contributed by atoms with Gasteiger partial charge < -0.3 is 10.4 Å². The van der Waals surface area contributed by atoms with Gasteiger partial charge in [-0.05, 0) is 19.2 Å². The number of amides is 1. The third-order valence-electron chi connectivity index (χ3n) is 3.11. The van der Waals surface area contributed by atoms with Gasteiger partial charge in [-0.15, -0.1) is 0 Å². The fourth-order valence-corrected chi connectivity index (χ4v) is 2.25. The SMILES string of the molecule is CN(CC(=O)Nc1cc(F)cc(F)c1)Cc1cn(C)nc1C(=O)O. The Kier molecular flexibility index (Phi) is 5.24. The number of carbonyl (C=O) groups is 2. The second kappa shape index (κ2) is 7.18. The molecular weight excluding hydrogens is 322 g/mol. The summed E-state index contributed by atoms with van der Waals surface area (Å²) in [5.74, 6) is -3.22. The molecule has 0 saturated carbocycles. The number of anilines is 1. The fourth-order valence-electron chi connectivity index (χ4n) is 2.25. The molecule has 2 N–H and O–H groups in total. The molecule has 7 nitrogen and oxygen atoms in total. The first-order chi connectivity index (χ1) is 11.2. The van der Waals surface area contributed by atoms with Crippen LogP contribution < -0.4 is 5.32 Å². The number of carbonyl (C=O) groups excluding carboxylic acids is 1. The van der Waals surface area contributed by atoms with Gasteiger partial charge in [-0.3, -0.25) is 14.4 Å². The van der Waals surface area contributed by atoms with Crippen LogP contribution in [0.4, 0.5) is 14.5 Å². The van der Waals surface area contributed by atoms with Crippen LogP contribution in [0.1, 0.15) is 16.1 Å². The molecule has 0 radical (unpaired) electrons. The Bertz CT molecular complexity index is 756. The number of nitrogens with zero attached hydrogens (tertiary/aromatic N) is 3. The second-order valence-electron chi connectivity index (χ2n) is 5.36. The molecule has 0 aliphatic carbocycles. The van der Waals surface area contributed by atoms with Crippen molar-refractivity contribution >= 4 is 17.6 Å². The van der Waals surface area contributed by atoms with Crippen LogP contribution in [-0.4, -0.2) is 45.3 Å². The Morgan fingerprint density at radius 1 is 1.29 bits per heavy atom. The molecule has 0 unspecified atom stereocenters. The highest BCUT2D eigenvalue weighted by molar-refractivity contribution is 5.92. The number of aryl methyl sites for hydroxylation is 1. The van der Waals surface area contributed by atoms with Gasteiger partial charge in [0, 0.05) is 37.1 Å².